The molecule has 25 heavy (non-hydrogen) atoms. The predicted molar refractivity (Wildman–Crippen MR) is 93.1 cm³/mol. The van der Waals surface area contributed by atoms with Crippen molar-refractivity contribution in [3.05, 3.63) is 23.8 Å². The van der Waals surface area contributed by atoms with Gasteiger partial charge < -0.3 is 24.4 Å². The molecule has 7 nitrogen and oxygen atoms in total. The van der Waals surface area contributed by atoms with Gasteiger partial charge in [-0.15, -0.1) is 0 Å². The number of carbonyl (C=O) groups is 2. The summed E-state index contributed by atoms with van der Waals surface area (Å²) >= 11 is 0. The zero-order chi connectivity index (χ0) is 18.4. The molecule has 0 aliphatic carbocycles. The summed E-state index contributed by atoms with van der Waals surface area (Å²) in [6.07, 6.45) is 0.697. The van der Waals surface area contributed by atoms with Crippen molar-refractivity contribution < 1.29 is 23.8 Å². The number of piperidine rings is 1. The number of likely N-dealkylation sites (tertiary alicyclic amines) is 1. The van der Waals surface area contributed by atoms with E-state index >= 15 is 0 Å². The number of rotatable bonds is 6. The lowest BCUT2D eigenvalue weighted by molar-refractivity contribution is -0.134. The number of nitrogens with one attached hydrogen (secondary N) is 1. The van der Waals surface area contributed by atoms with Crippen LogP contribution in [0.15, 0.2) is 18.2 Å². The second-order valence-electron chi connectivity index (χ2n) is 6.01. The molecule has 138 valence electrons. The molecule has 2 amide bonds. The van der Waals surface area contributed by atoms with E-state index in [2.05, 4.69) is 5.32 Å². The molecule has 0 aromatic heterocycles. The van der Waals surface area contributed by atoms with Crippen molar-refractivity contribution in [1.29, 1.82) is 0 Å². The van der Waals surface area contributed by atoms with Crippen molar-refractivity contribution >= 4 is 12.0 Å². The summed E-state index contributed by atoms with van der Waals surface area (Å²) in [4.78, 5) is 26.0. The fourth-order valence-corrected chi connectivity index (χ4v) is 3.20. The molecule has 7 heteroatoms. The Morgan fingerprint density at radius 2 is 1.96 bits per heavy atom. The number of carbonyl (C=O) groups excluding carboxylic acids is 2. The maximum Gasteiger partial charge on any atom is 0.407 e. The number of benzene rings is 1. The number of amides is 2. The molecule has 1 N–H and O–H groups in total. The SMILES string of the molecule is CCCN1C[C@@H](NC(=O)OC)[C@H](c2ccc(OC)c(OC)c2)CC1=O. The van der Waals surface area contributed by atoms with Gasteiger partial charge in [0.15, 0.2) is 11.5 Å². The van der Waals surface area contributed by atoms with Crippen LogP contribution in [0.25, 0.3) is 0 Å². The molecular weight excluding hydrogens is 324 g/mol. The van der Waals surface area contributed by atoms with Gasteiger partial charge >= 0.3 is 6.09 Å². The first-order valence-electron chi connectivity index (χ1n) is 8.38. The molecule has 1 aliphatic rings. The number of hydrogen-bond acceptors (Lipinski definition) is 5. The molecule has 1 heterocycles. The highest BCUT2D eigenvalue weighted by Crippen LogP contribution is 2.35. The van der Waals surface area contributed by atoms with Crippen molar-refractivity contribution in [2.75, 3.05) is 34.4 Å². The number of ether oxygens (including phenoxy) is 3. The number of methoxy groups -OCH3 is 3. The van der Waals surface area contributed by atoms with Crippen LogP contribution in [0.5, 0.6) is 11.5 Å². The third-order valence-electron chi connectivity index (χ3n) is 4.47. The van der Waals surface area contributed by atoms with Crippen LogP contribution >= 0.6 is 0 Å². The summed E-state index contributed by atoms with van der Waals surface area (Å²) in [6.45, 7) is 3.16. The van der Waals surface area contributed by atoms with Crippen LogP contribution in [-0.4, -0.2) is 57.4 Å². The van der Waals surface area contributed by atoms with Gasteiger partial charge in [-0.05, 0) is 24.1 Å². The Bertz CT molecular complexity index is 619. The molecule has 0 radical (unpaired) electrons. The Balaban J connectivity index is 2.31. The molecule has 1 saturated heterocycles. The normalized spacial score (nSPS) is 20.2. The van der Waals surface area contributed by atoms with Crippen molar-refractivity contribution in [3.63, 3.8) is 0 Å². The minimum atomic E-state index is -0.499. The monoisotopic (exact) mass is 350 g/mol. The number of nitrogens with zero attached hydrogens (tertiary/aromatic N) is 1. The van der Waals surface area contributed by atoms with E-state index in [1.165, 1.54) is 7.11 Å². The summed E-state index contributed by atoms with van der Waals surface area (Å²) in [5.74, 6) is 1.16. The molecule has 0 spiro atoms. The van der Waals surface area contributed by atoms with Crippen LogP contribution in [0.4, 0.5) is 4.79 Å². The van der Waals surface area contributed by atoms with Crippen LogP contribution in [0.3, 0.4) is 0 Å². The summed E-state index contributed by atoms with van der Waals surface area (Å²) in [5, 5.41) is 2.87. The van der Waals surface area contributed by atoms with Gasteiger partial charge in [-0.25, -0.2) is 4.79 Å². The fraction of sp³-hybridized carbons (Fsp3) is 0.556. The minimum absolute atomic E-state index is 0.0875. The molecule has 0 bridgehead atoms. The van der Waals surface area contributed by atoms with Gasteiger partial charge in [0.1, 0.15) is 0 Å². The second-order valence-corrected chi connectivity index (χ2v) is 6.01. The third kappa shape index (κ3) is 4.35. The molecule has 0 unspecified atom stereocenters. The predicted octanol–water partition coefficient (Wildman–Crippen LogP) is 2.15. The van der Waals surface area contributed by atoms with Gasteiger partial charge in [-0.3, -0.25) is 4.79 Å². The van der Waals surface area contributed by atoms with Crippen LogP contribution in [0.2, 0.25) is 0 Å². The summed E-state index contributed by atoms with van der Waals surface area (Å²) in [6, 6.07) is 5.35. The molecule has 2 rings (SSSR count). The Hall–Kier alpha value is -2.44. The van der Waals surface area contributed by atoms with Gasteiger partial charge in [0.05, 0.1) is 27.4 Å². The summed E-state index contributed by atoms with van der Waals surface area (Å²) in [5.41, 5.74) is 0.920. The highest BCUT2D eigenvalue weighted by molar-refractivity contribution is 5.79. The third-order valence-corrected chi connectivity index (χ3v) is 4.47. The smallest absolute Gasteiger partial charge is 0.407 e. The van der Waals surface area contributed by atoms with E-state index in [4.69, 9.17) is 14.2 Å². The Kier molecular flexibility index (Phi) is 6.50. The largest absolute Gasteiger partial charge is 0.493 e. The minimum Gasteiger partial charge on any atom is -0.493 e. The van der Waals surface area contributed by atoms with E-state index in [0.717, 1.165) is 12.0 Å². The van der Waals surface area contributed by atoms with Crippen molar-refractivity contribution in [1.82, 2.24) is 10.2 Å². The summed E-state index contributed by atoms with van der Waals surface area (Å²) < 4.78 is 15.4. The maximum absolute atomic E-state index is 12.5. The second kappa shape index (κ2) is 8.60. The standard InChI is InChI=1S/C18H26N2O5/c1-5-8-20-11-14(19-18(22)25-4)13(10-17(20)21)12-6-7-15(23-2)16(9-12)24-3/h6-7,9,13-14H,5,8,10-11H2,1-4H3,(H,19,22)/t13-,14+/m0/s1. The molecule has 1 aliphatic heterocycles. The number of hydrogen-bond donors (Lipinski definition) is 1. The fourth-order valence-electron chi connectivity index (χ4n) is 3.20. The van der Waals surface area contributed by atoms with E-state index in [1.54, 1.807) is 19.1 Å². The lowest BCUT2D eigenvalue weighted by Crippen LogP contribution is -2.53. The Morgan fingerprint density at radius 1 is 1.24 bits per heavy atom. The van der Waals surface area contributed by atoms with Crippen LogP contribution in [0.1, 0.15) is 31.2 Å². The first-order valence-corrected chi connectivity index (χ1v) is 8.38. The topological polar surface area (TPSA) is 77.1 Å². The van der Waals surface area contributed by atoms with E-state index < -0.39 is 6.09 Å². The van der Waals surface area contributed by atoms with Gasteiger partial charge in [0.2, 0.25) is 5.91 Å². The zero-order valence-electron chi connectivity index (χ0n) is 15.2. The van der Waals surface area contributed by atoms with Crippen LogP contribution < -0.4 is 14.8 Å². The van der Waals surface area contributed by atoms with E-state index in [-0.39, 0.29) is 17.9 Å². The quantitative estimate of drug-likeness (QED) is 0.851. The summed E-state index contributed by atoms with van der Waals surface area (Å²) in [7, 11) is 4.48. The maximum atomic E-state index is 12.5. The molecular formula is C18H26N2O5. The molecule has 1 fully saturated rings. The molecule has 2 atom stereocenters. The van der Waals surface area contributed by atoms with Crippen LogP contribution in [0, 0.1) is 0 Å². The average Bonchev–Trinajstić information content (AvgIpc) is 2.63. The zero-order valence-corrected chi connectivity index (χ0v) is 15.2. The van der Waals surface area contributed by atoms with Crippen molar-refractivity contribution in [2.45, 2.75) is 31.7 Å². The average molecular weight is 350 g/mol. The first-order chi connectivity index (χ1) is 12.0. The van der Waals surface area contributed by atoms with E-state index in [9.17, 15) is 9.59 Å². The molecule has 1 aromatic rings. The van der Waals surface area contributed by atoms with Crippen LogP contribution in [-0.2, 0) is 9.53 Å². The van der Waals surface area contributed by atoms with E-state index in [1.807, 2.05) is 25.1 Å². The van der Waals surface area contributed by atoms with E-state index in [0.29, 0.717) is 31.0 Å². The highest BCUT2D eigenvalue weighted by Gasteiger charge is 2.36. The lowest BCUT2D eigenvalue weighted by Gasteiger charge is -2.38. The van der Waals surface area contributed by atoms with Gasteiger partial charge in [0.25, 0.3) is 0 Å². The van der Waals surface area contributed by atoms with Crippen molar-refractivity contribution in [2.24, 2.45) is 0 Å². The number of alkyl carbamates (subject to hydrolysis) is 1. The van der Waals surface area contributed by atoms with Gasteiger partial charge in [-0.1, -0.05) is 13.0 Å². The van der Waals surface area contributed by atoms with Gasteiger partial charge in [0, 0.05) is 25.4 Å². The lowest BCUT2D eigenvalue weighted by atomic mass is 9.84. The Labute approximate surface area is 148 Å². The molecule has 1 aromatic carbocycles. The van der Waals surface area contributed by atoms with Gasteiger partial charge in [-0.2, -0.15) is 0 Å². The Morgan fingerprint density at radius 3 is 2.56 bits per heavy atom. The highest BCUT2D eigenvalue weighted by atomic mass is 16.5. The molecule has 0 saturated carbocycles. The van der Waals surface area contributed by atoms with Crippen molar-refractivity contribution in [3.8, 4) is 11.5 Å². The first kappa shape index (κ1) is 18.9.